The smallest absolute Gasteiger partial charge is 0.308 e. The van der Waals surface area contributed by atoms with Crippen molar-refractivity contribution < 1.29 is 23.9 Å². The van der Waals surface area contributed by atoms with E-state index in [1.54, 1.807) is 39.7 Å². The maximum Gasteiger partial charge on any atom is 0.308 e. The van der Waals surface area contributed by atoms with Crippen molar-refractivity contribution in [1.29, 1.82) is 0 Å². The van der Waals surface area contributed by atoms with E-state index in [0.717, 1.165) is 65.1 Å². The molecular formula is C52H50N8O5S2. The Morgan fingerprint density at radius 3 is 2.15 bits per heavy atom. The van der Waals surface area contributed by atoms with Crippen molar-refractivity contribution >= 4 is 52.1 Å². The van der Waals surface area contributed by atoms with Gasteiger partial charge in [-0.25, -0.2) is 4.98 Å². The topological polar surface area (TPSA) is 161 Å². The van der Waals surface area contributed by atoms with Gasteiger partial charge in [0.15, 0.2) is 5.82 Å². The SMILES string of the molecule is COC(=O)C[C@@H]1N=C(c2ccc(-c3ccc(C(=O)N[C@H](C(=O)N4CCC[C@H]4C(=O)N[C@@H](C)c4ccc(-c5scnc5C)cc4)c4ccccc4)cc3)cc2)c2c(sc(C)c2C)-n2c(C)nnc21. The summed E-state index contributed by atoms with van der Waals surface area (Å²) in [5.41, 5.74) is 11.4. The lowest BCUT2D eigenvalue weighted by Crippen LogP contribution is -2.50. The van der Waals surface area contributed by atoms with Crippen LogP contribution >= 0.6 is 22.7 Å². The number of methoxy groups -OCH3 is 1. The Hall–Kier alpha value is -7.10. The largest absolute Gasteiger partial charge is 0.469 e. The second-order valence-electron chi connectivity index (χ2n) is 17.0. The van der Waals surface area contributed by atoms with E-state index in [1.807, 2.05) is 122 Å². The van der Waals surface area contributed by atoms with Gasteiger partial charge in [-0.15, -0.1) is 32.9 Å². The van der Waals surface area contributed by atoms with Crippen LogP contribution in [0.2, 0.25) is 0 Å². The quantitative estimate of drug-likeness (QED) is 0.115. The molecule has 4 aromatic carbocycles. The van der Waals surface area contributed by atoms with Crippen molar-refractivity contribution in [3.05, 3.63) is 164 Å². The molecule has 2 aliphatic heterocycles. The third kappa shape index (κ3) is 8.96. The Labute approximate surface area is 397 Å². The molecule has 67 heavy (non-hydrogen) atoms. The van der Waals surface area contributed by atoms with Crippen LogP contribution in [-0.4, -0.2) is 73.7 Å². The first-order valence-electron chi connectivity index (χ1n) is 22.2. The summed E-state index contributed by atoms with van der Waals surface area (Å²) in [5.74, 6) is -0.0581. The molecule has 2 N–H and O–H groups in total. The van der Waals surface area contributed by atoms with Gasteiger partial charge in [0, 0.05) is 28.1 Å². The lowest BCUT2D eigenvalue weighted by molar-refractivity contribution is -0.141. The maximum atomic E-state index is 14.5. The number of esters is 1. The van der Waals surface area contributed by atoms with Gasteiger partial charge in [0.05, 0.1) is 41.4 Å². The van der Waals surface area contributed by atoms with Gasteiger partial charge >= 0.3 is 5.97 Å². The first-order valence-corrected chi connectivity index (χ1v) is 23.9. The fourth-order valence-corrected chi connectivity index (χ4v) is 10.9. The van der Waals surface area contributed by atoms with E-state index in [4.69, 9.17) is 9.73 Å². The predicted octanol–water partition coefficient (Wildman–Crippen LogP) is 9.15. The molecule has 7 aromatic rings. The number of ether oxygens (including phenoxy) is 1. The van der Waals surface area contributed by atoms with Gasteiger partial charge < -0.3 is 20.3 Å². The number of carbonyl (C=O) groups excluding carboxylic acids is 4. The molecule has 0 radical (unpaired) electrons. The van der Waals surface area contributed by atoms with Crippen molar-refractivity contribution in [3.63, 3.8) is 0 Å². The summed E-state index contributed by atoms with van der Waals surface area (Å²) in [4.78, 5) is 68.3. The molecule has 0 saturated carbocycles. The number of nitrogens with zero attached hydrogens (tertiary/aromatic N) is 6. The van der Waals surface area contributed by atoms with Gasteiger partial charge in [0.2, 0.25) is 11.8 Å². The lowest BCUT2D eigenvalue weighted by Gasteiger charge is -2.30. The first-order chi connectivity index (χ1) is 32.4. The molecule has 1 fully saturated rings. The van der Waals surface area contributed by atoms with Crippen LogP contribution in [0.25, 0.3) is 26.6 Å². The first kappa shape index (κ1) is 45.1. The molecule has 2 aliphatic rings. The van der Waals surface area contributed by atoms with Gasteiger partial charge in [-0.1, -0.05) is 91.0 Å². The third-order valence-corrected chi connectivity index (χ3v) is 14.9. The molecule has 0 aliphatic carbocycles. The number of thiophene rings is 1. The fourth-order valence-electron chi connectivity index (χ4n) is 8.91. The highest BCUT2D eigenvalue weighted by Crippen LogP contribution is 2.40. The van der Waals surface area contributed by atoms with E-state index >= 15 is 0 Å². The normalized spacial score (nSPS) is 16.3. The van der Waals surface area contributed by atoms with Gasteiger partial charge in [-0.05, 0) is 93.0 Å². The Morgan fingerprint density at radius 2 is 1.48 bits per heavy atom. The van der Waals surface area contributed by atoms with E-state index in [1.165, 1.54) is 7.11 Å². The standard InChI is InChI=1S/C52H50N8O5S2/c1-29-32(4)67-52-44(29)45(55-41(27-43(61)65-6)48-58-57-33(5)60(48)52)38-20-16-35(17-21-38)36-18-24-40(25-19-36)49(62)56-46(37-11-8-7-9-12-37)51(64)59-26-10-13-42(59)50(63)54-30(2)34-14-22-39(23-15-34)47-31(3)53-28-66-47/h7-9,11-12,14-25,28,30,41-42,46H,10,13,26-27H2,1-6H3,(H,54,63)(H,56,62)/t30-,41-,42-,46-/m0/s1. The minimum atomic E-state index is -1.01. The van der Waals surface area contributed by atoms with Crippen LogP contribution < -0.4 is 10.6 Å². The van der Waals surface area contributed by atoms with E-state index in [9.17, 15) is 19.2 Å². The number of rotatable bonds is 12. The van der Waals surface area contributed by atoms with Gasteiger partial charge in [0.1, 0.15) is 29.0 Å². The second kappa shape index (κ2) is 19.0. The predicted molar refractivity (Wildman–Crippen MR) is 261 cm³/mol. The molecule has 9 rings (SSSR count). The summed E-state index contributed by atoms with van der Waals surface area (Å²) in [6.45, 7) is 10.4. The van der Waals surface area contributed by atoms with Crippen LogP contribution in [0.15, 0.2) is 114 Å². The number of aromatic nitrogens is 4. The van der Waals surface area contributed by atoms with Crippen molar-refractivity contribution in [2.75, 3.05) is 13.7 Å². The Morgan fingerprint density at radius 1 is 0.806 bits per heavy atom. The lowest BCUT2D eigenvalue weighted by atomic mass is 9.96. The number of amides is 3. The molecule has 3 amide bonds. The number of hydrogen-bond donors (Lipinski definition) is 2. The zero-order valence-corrected chi connectivity index (χ0v) is 39.7. The Bertz CT molecular complexity index is 3010. The summed E-state index contributed by atoms with van der Waals surface area (Å²) in [7, 11) is 1.37. The summed E-state index contributed by atoms with van der Waals surface area (Å²) in [6.07, 6.45) is 1.21. The molecule has 5 heterocycles. The van der Waals surface area contributed by atoms with Crippen molar-refractivity contribution in [1.82, 2.24) is 35.3 Å². The average molecular weight is 931 g/mol. The molecule has 340 valence electrons. The number of benzene rings is 4. The van der Waals surface area contributed by atoms with Crippen LogP contribution in [-0.2, 0) is 19.1 Å². The number of aryl methyl sites for hydroxylation is 3. The van der Waals surface area contributed by atoms with Crippen molar-refractivity contribution in [2.24, 2.45) is 4.99 Å². The number of hydrogen-bond acceptors (Lipinski definition) is 11. The molecule has 1 saturated heterocycles. The highest BCUT2D eigenvalue weighted by atomic mass is 32.1. The molecule has 13 nitrogen and oxygen atoms in total. The van der Waals surface area contributed by atoms with Crippen LogP contribution in [0.4, 0.5) is 0 Å². The summed E-state index contributed by atoms with van der Waals surface area (Å²) in [6, 6.07) is 30.0. The zero-order valence-electron chi connectivity index (χ0n) is 38.1. The zero-order chi connectivity index (χ0) is 46.9. The molecule has 0 bridgehead atoms. The van der Waals surface area contributed by atoms with E-state index in [-0.39, 0.29) is 30.2 Å². The Balaban J connectivity index is 0.905. The molecule has 0 spiro atoms. The number of fused-ring (bicyclic) bond motifs is 3. The molecule has 15 heteroatoms. The van der Waals surface area contributed by atoms with Crippen LogP contribution in [0.3, 0.4) is 0 Å². The highest BCUT2D eigenvalue weighted by Gasteiger charge is 2.39. The monoisotopic (exact) mass is 930 g/mol. The van der Waals surface area contributed by atoms with Crippen molar-refractivity contribution in [3.8, 4) is 26.6 Å². The summed E-state index contributed by atoms with van der Waals surface area (Å²) in [5, 5.41) is 15.9. The number of aliphatic imine (C=N–C) groups is 1. The molecular weight excluding hydrogens is 881 g/mol. The number of thiazole rings is 1. The van der Waals surface area contributed by atoms with Gasteiger partial charge in [0.25, 0.3) is 5.91 Å². The fraction of sp³-hybridized carbons (Fsp3) is 0.269. The van der Waals surface area contributed by atoms with Gasteiger partial charge in [-0.3, -0.25) is 28.7 Å². The highest BCUT2D eigenvalue weighted by molar-refractivity contribution is 7.15. The van der Waals surface area contributed by atoms with E-state index in [0.29, 0.717) is 42.2 Å². The number of nitrogens with one attached hydrogen (secondary N) is 2. The van der Waals surface area contributed by atoms with Crippen molar-refractivity contribution in [2.45, 2.75) is 78.0 Å². The van der Waals surface area contributed by atoms with Crippen LogP contribution in [0, 0.1) is 27.7 Å². The second-order valence-corrected chi connectivity index (χ2v) is 19.0. The molecule has 3 aromatic heterocycles. The maximum absolute atomic E-state index is 14.5. The molecule has 0 unspecified atom stereocenters. The summed E-state index contributed by atoms with van der Waals surface area (Å²) < 4.78 is 7.05. The Kier molecular flexibility index (Phi) is 12.8. The van der Waals surface area contributed by atoms with Gasteiger partial charge in [-0.2, -0.15) is 0 Å². The van der Waals surface area contributed by atoms with Crippen LogP contribution in [0.5, 0.6) is 0 Å². The third-order valence-electron chi connectivity index (χ3n) is 12.7. The number of carbonyl (C=O) groups is 4. The minimum absolute atomic E-state index is 0.0181. The van der Waals surface area contributed by atoms with E-state index < -0.39 is 24.0 Å². The molecule has 4 atom stereocenters. The number of likely N-dealkylation sites (tertiary alicyclic amines) is 1. The average Bonchev–Trinajstić information content (AvgIpc) is 4.15. The minimum Gasteiger partial charge on any atom is -0.469 e. The van der Waals surface area contributed by atoms with Crippen LogP contribution in [0.1, 0.15) is 105 Å². The summed E-state index contributed by atoms with van der Waals surface area (Å²) >= 11 is 3.24. The van der Waals surface area contributed by atoms with E-state index in [2.05, 4.69) is 39.7 Å².